The molecule has 0 aliphatic rings. The third-order valence-electron chi connectivity index (χ3n) is 2.33. The van der Waals surface area contributed by atoms with Crippen molar-refractivity contribution in [1.82, 2.24) is 20.1 Å². The Balaban J connectivity index is 2.12. The molecule has 0 fully saturated rings. The van der Waals surface area contributed by atoms with Gasteiger partial charge in [0.05, 0.1) is 5.69 Å². The molecule has 0 atom stereocenters. The normalized spacial score (nSPS) is 11.7. The molecular weight excluding hydrogens is 212 g/mol. The maximum Gasteiger partial charge on any atom is 0.153 e. The van der Waals surface area contributed by atoms with Gasteiger partial charge >= 0.3 is 0 Å². The molecule has 0 radical (unpaired) electrons. The number of rotatable bonds is 3. The first-order chi connectivity index (χ1) is 8.04. The molecule has 0 unspecified atom stereocenters. The fraction of sp³-hybridized carbons (Fsp3) is 0.385. The van der Waals surface area contributed by atoms with Gasteiger partial charge < -0.3 is 5.32 Å². The fourth-order valence-electron chi connectivity index (χ4n) is 1.45. The molecule has 17 heavy (non-hydrogen) atoms. The summed E-state index contributed by atoms with van der Waals surface area (Å²) in [5, 5.41) is 7.59. The predicted octanol–water partition coefficient (Wildman–Crippen LogP) is 2.16. The minimum atomic E-state index is 0.101. The van der Waals surface area contributed by atoms with E-state index in [-0.39, 0.29) is 5.54 Å². The van der Waals surface area contributed by atoms with Crippen LogP contribution in [0.15, 0.2) is 36.7 Å². The van der Waals surface area contributed by atoms with Crippen LogP contribution in [-0.2, 0) is 6.54 Å². The highest BCUT2D eigenvalue weighted by Gasteiger charge is 2.09. The molecular formula is C13H18N4. The number of nitrogens with zero attached hydrogens (tertiary/aromatic N) is 3. The first-order valence-electron chi connectivity index (χ1n) is 5.76. The average molecular weight is 230 g/mol. The van der Waals surface area contributed by atoms with Gasteiger partial charge in [-0.3, -0.25) is 0 Å². The molecule has 4 nitrogen and oxygen atoms in total. The number of nitrogens with one attached hydrogen (secondary N) is 1. The maximum absolute atomic E-state index is 4.56. The Hall–Kier alpha value is -1.68. The average Bonchev–Trinajstić information content (AvgIpc) is 2.79. The Bertz CT molecular complexity index is 468. The molecule has 0 spiro atoms. The van der Waals surface area contributed by atoms with Crippen molar-refractivity contribution < 1.29 is 0 Å². The van der Waals surface area contributed by atoms with E-state index >= 15 is 0 Å². The molecule has 0 aliphatic heterocycles. The summed E-state index contributed by atoms with van der Waals surface area (Å²) in [7, 11) is 0. The van der Waals surface area contributed by atoms with Gasteiger partial charge in [-0.2, -0.15) is 5.10 Å². The van der Waals surface area contributed by atoms with Gasteiger partial charge in [-0.1, -0.05) is 6.07 Å². The number of hydrogen-bond acceptors (Lipinski definition) is 3. The summed E-state index contributed by atoms with van der Waals surface area (Å²) in [6.07, 6.45) is 3.64. The Morgan fingerprint density at radius 2 is 2.06 bits per heavy atom. The van der Waals surface area contributed by atoms with Crippen LogP contribution in [0.2, 0.25) is 0 Å². The summed E-state index contributed by atoms with van der Waals surface area (Å²) in [5.74, 6) is 0.850. The molecule has 0 aliphatic carbocycles. The van der Waals surface area contributed by atoms with Gasteiger partial charge in [-0.25, -0.2) is 9.67 Å². The molecule has 0 aromatic carbocycles. The second kappa shape index (κ2) is 4.67. The van der Waals surface area contributed by atoms with Gasteiger partial charge in [0.1, 0.15) is 0 Å². The molecule has 90 valence electrons. The third-order valence-corrected chi connectivity index (χ3v) is 2.33. The minimum absolute atomic E-state index is 0.101. The van der Waals surface area contributed by atoms with Crippen LogP contribution in [0.25, 0.3) is 5.82 Å². The Morgan fingerprint density at radius 1 is 1.24 bits per heavy atom. The Labute approximate surface area is 102 Å². The summed E-state index contributed by atoms with van der Waals surface area (Å²) in [6, 6.07) is 7.87. The lowest BCUT2D eigenvalue weighted by Crippen LogP contribution is -2.35. The van der Waals surface area contributed by atoms with Crippen LogP contribution < -0.4 is 5.32 Å². The van der Waals surface area contributed by atoms with Crippen LogP contribution in [0.4, 0.5) is 0 Å². The number of pyridine rings is 1. The number of aromatic nitrogens is 3. The van der Waals surface area contributed by atoms with E-state index in [9.17, 15) is 0 Å². The Kier molecular flexibility index (Phi) is 3.24. The zero-order valence-corrected chi connectivity index (χ0v) is 10.5. The molecule has 1 N–H and O–H groups in total. The summed E-state index contributed by atoms with van der Waals surface area (Å²) >= 11 is 0. The van der Waals surface area contributed by atoms with Crippen molar-refractivity contribution in [2.75, 3.05) is 0 Å². The van der Waals surface area contributed by atoms with Crippen LogP contribution >= 0.6 is 0 Å². The molecule has 0 amide bonds. The van der Waals surface area contributed by atoms with E-state index in [2.05, 4.69) is 36.2 Å². The van der Waals surface area contributed by atoms with E-state index in [1.807, 2.05) is 30.5 Å². The van der Waals surface area contributed by atoms with E-state index < -0.39 is 0 Å². The molecule has 2 rings (SSSR count). The van der Waals surface area contributed by atoms with E-state index in [1.54, 1.807) is 10.9 Å². The molecule has 0 saturated heterocycles. The summed E-state index contributed by atoms with van der Waals surface area (Å²) in [6.45, 7) is 7.19. The molecule has 0 saturated carbocycles. The van der Waals surface area contributed by atoms with Crippen molar-refractivity contribution in [3.05, 3.63) is 42.4 Å². The van der Waals surface area contributed by atoms with Crippen LogP contribution in [0.1, 0.15) is 26.5 Å². The molecule has 2 aromatic rings. The minimum Gasteiger partial charge on any atom is -0.306 e. The van der Waals surface area contributed by atoms with Crippen LogP contribution in [0, 0.1) is 0 Å². The standard InChI is InChI=1S/C13H18N4/c1-13(2,3)14-10-11-6-4-7-12(16-11)17-9-5-8-15-17/h4-9,14H,10H2,1-3H3. The van der Waals surface area contributed by atoms with Gasteiger partial charge in [0.2, 0.25) is 0 Å². The lowest BCUT2D eigenvalue weighted by Gasteiger charge is -2.20. The maximum atomic E-state index is 4.56. The second-order valence-corrected chi connectivity index (χ2v) is 5.04. The highest BCUT2D eigenvalue weighted by Crippen LogP contribution is 2.06. The van der Waals surface area contributed by atoms with Crippen molar-refractivity contribution in [2.45, 2.75) is 32.9 Å². The molecule has 4 heteroatoms. The Morgan fingerprint density at radius 3 is 2.71 bits per heavy atom. The van der Waals surface area contributed by atoms with Gasteiger partial charge in [-0.05, 0) is 39.0 Å². The lowest BCUT2D eigenvalue weighted by molar-refractivity contribution is 0.421. The first kappa shape index (κ1) is 11.8. The van der Waals surface area contributed by atoms with Gasteiger partial charge in [0.15, 0.2) is 5.82 Å². The first-order valence-corrected chi connectivity index (χ1v) is 5.76. The van der Waals surface area contributed by atoms with E-state index in [0.717, 1.165) is 18.1 Å². The quantitative estimate of drug-likeness (QED) is 0.878. The highest BCUT2D eigenvalue weighted by atomic mass is 15.3. The predicted molar refractivity (Wildman–Crippen MR) is 68.0 cm³/mol. The van der Waals surface area contributed by atoms with E-state index in [4.69, 9.17) is 0 Å². The van der Waals surface area contributed by atoms with E-state index in [1.165, 1.54) is 0 Å². The van der Waals surface area contributed by atoms with Crippen molar-refractivity contribution in [3.63, 3.8) is 0 Å². The molecule has 2 heterocycles. The zero-order chi connectivity index (χ0) is 12.3. The largest absolute Gasteiger partial charge is 0.306 e. The SMILES string of the molecule is CC(C)(C)NCc1cccc(-n2cccn2)n1. The topological polar surface area (TPSA) is 42.7 Å². The molecule has 2 aromatic heterocycles. The van der Waals surface area contributed by atoms with Gasteiger partial charge in [0.25, 0.3) is 0 Å². The highest BCUT2D eigenvalue weighted by molar-refractivity contribution is 5.23. The monoisotopic (exact) mass is 230 g/mol. The van der Waals surface area contributed by atoms with Crippen LogP contribution in [0.5, 0.6) is 0 Å². The van der Waals surface area contributed by atoms with Crippen molar-refractivity contribution in [2.24, 2.45) is 0 Å². The van der Waals surface area contributed by atoms with E-state index in [0.29, 0.717) is 0 Å². The fourth-order valence-corrected chi connectivity index (χ4v) is 1.45. The number of hydrogen-bond donors (Lipinski definition) is 1. The van der Waals surface area contributed by atoms with Crippen molar-refractivity contribution in [3.8, 4) is 5.82 Å². The van der Waals surface area contributed by atoms with Crippen molar-refractivity contribution in [1.29, 1.82) is 0 Å². The van der Waals surface area contributed by atoms with Crippen LogP contribution in [0.3, 0.4) is 0 Å². The zero-order valence-electron chi connectivity index (χ0n) is 10.5. The van der Waals surface area contributed by atoms with Crippen LogP contribution in [-0.4, -0.2) is 20.3 Å². The van der Waals surface area contributed by atoms with Crippen molar-refractivity contribution >= 4 is 0 Å². The second-order valence-electron chi connectivity index (χ2n) is 5.04. The summed E-state index contributed by atoms with van der Waals surface area (Å²) < 4.78 is 1.76. The molecule has 0 bridgehead atoms. The summed E-state index contributed by atoms with van der Waals surface area (Å²) in [4.78, 5) is 4.56. The van der Waals surface area contributed by atoms with Gasteiger partial charge in [-0.15, -0.1) is 0 Å². The smallest absolute Gasteiger partial charge is 0.153 e. The third kappa shape index (κ3) is 3.39. The summed E-state index contributed by atoms with van der Waals surface area (Å²) in [5.41, 5.74) is 1.12. The lowest BCUT2D eigenvalue weighted by atomic mass is 10.1. The van der Waals surface area contributed by atoms with Gasteiger partial charge in [0, 0.05) is 24.5 Å².